The van der Waals surface area contributed by atoms with Crippen molar-refractivity contribution in [2.75, 3.05) is 7.11 Å². The molecular formula is C11H15BrO2. The van der Waals surface area contributed by atoms with Crippen molar-refractivity contribution in [3.8, 4) is 5.75 Å². The fraction of sp³-hybridized carbons (Fsp3) is 0.455. The lowest BCUT2D eigenvalue weighted by Crippen LogP contribution is -2.03. The molecule has 0 saturated heterocycles. The summed E-state index contributed by atoms with van der Waals surface area (Å²) in [4.78, 5) is 0. The van der Waals surface area contributed by atoms with Crippen molar-refractivity contribution in [3.63, 3.8) is 0 Å². The Morgan fingerprint density at radius 1 is 1.50 bits per heavy atom. The molecule has 2 nitrogen and oxygen atoms in total. The van der Waals surface area contributed by atoms with Crippen LogP contribution >= 0.6 is 15.9 Å². The van der Waals surface area contributed by atoms with E-state index in [-0.39, 0.29) is 6.10 Å². The second-order valence-corrected chi connectivity index (χ2v) is 4.16. The van der Waals surface area contributed by atoms with Crippen LogP contribution in [0.15, 0.2) is 22.7 Å². The summed E-state index contributed by atoms with van der Waals surface area (Å²) in [5.74, 6) is 0.875. The number of aliphatic hydroxyl groups is 1. The van der Waals surface area contributed by atoms with Crippen molar-refractivity contribution < 1.29 is 9.84 Å². The molecule has 1 aromatic rings. The summed E-state index contributed by atoms with van der Waals surface area (Å²) in [5, 5.41) is 9.21. The van der Waals surface area contributed by atoms with Crippen molar-refractivity contribution in [1.29, 1.82) is 0 Å². The second kappa shape index (κ2) is 5.37. The van der Waals surface area contributed by atoms with Crippen LogP contribution in [-0.2, 0) is 6.42 Å². The van der Waals surface area contributed by atoms with Crippen molar-refractivity contribution in [2.45, 2.75) is 25.9 Å². The molecule has 0 radical (unpaired) electrons. The Kier molecular flexibility index (Phi) is 4.42. The van der Waals surface area contributed by atoms with E-state index < -0.39 is 0 Å². The maximum atomic E-state index is 9.21. The fourth-order valence-electron chi connectivity index (χ4n) is 1.33. The molecule has 0 aliphatic carbocycles. The summed E-state index contributed by atoms with van der Waals surface area (Å²) in [7, 11) is 1.66. The summed E-state index contributed by atoms with van der Waals surface area (Å²) in [6.45, 7) is 1.79. The molecule has 0 heterocycles. The Morgan fingerprint density at radius 3 is 2.79 bits per heavy atom. The summed E-state index contributed by atoms with van der Waals surface area (Å²) in [5.41, 5.74) is 1.12. The highest BCUT2D eigenvalue weighted by molar-refractivity contribution is 9.10. The molecule has 1 rings (SSSR count). The fourth-order valence-corrected chi connectivity index (χ4v) is 1.87. The van der Waals surface area contributed by atoms with Crippen LogP contribution in [0.4, 0.5) is 0 Å². The summed E-state index contributed by atoms with van der Waals surface area (Å²) >= 11 is 3.48. The predicted molar refractivity (Wildman–Crippen MR) is 60.7 cm³/mol. The first-order valence-electron chi connectivity index (χ1n) is 4.64. The minimum Gasteiger partial charge on any atom is -0.496 e. The number of halogens is 1. The van der Waals surface area contributed by atoms with Gasteiger partial charge in [-0.2, -0.15) is 0 Å². The van der Waals surface area contributed by atoms with Crippen LogP contribution in [0.2, 0.25) is 0 Å². The molecule has 0 spiro atoms. The third-order valence-corrected chi connectivity index (χ3v) is 2.85. The Labute approximate surface area is 93.0 Å². The lowest BCUT2D eigenvalue weighted by atomic mass is 10.1. The van der Waals surface area contributed by atoms with Crippen molar-refractivity contribution >= 4 is 15.9 Å². The van der Waals surface area contributed by atoms with Gasteiger partial charge in [0, 0.05) is 10.0 Å². The van der Waals surface area contributed by atoms with Crippen molar-refractivity contribution in [3.05, 3.63) is 28.2 Å². The van der Waals surface area contributed by atoms with E-state index in [4.69, 9.17) is 4.74 Å². The smallest absolute Gasteiger partial charge is 0.123 e. The summed E-state index contributed by atoms with van der Waals surface area (Å²) in [6.07, 6.45) is 1.30. The molecule has 14 heavy (non-hydrogen) atoms. The number of hydrogen-bond donors (Lipinski definition) is 1. The van der Waals surface area contributed by atoms with Crippen LogP contribution in [0.25, 0.3) is 0 Å². The third kappa shape index (κ3) is 3.00. The maximum Gasteiger partial charge on any atom is 0.123 e. The number of benzene rings is 1. The Morgan fingerprint density at radius 2 is 2.21 bits per heavy atom. The standard InChI is InChI=1S/C11H15BrO2/c1-8(13)6-7-9-10(12)4-3-5-11(9)14-2/h3-5,8,13H,6-7H2,1-2H3/t8-/m0/s1. The van der Waals surface area contributed by atoms with Gasteiger partial charge in [0.25, 0.3) is 0 Å². The van der Waals surface area contributed by atoms with Gasteiger partial charge in [0.1, 0.15) is 5.75 Å². The van der Waals surface area contributed by atoms with Gasteiger partial charge >= 0.3 is 0 Å². The van der Waals surface area contributed by atoms with Gasteiger partial charge in [0.05, 0.1) is 13.2 Å². The SMILES string of the molecule is COc1cccc(Br)c1CC[C@H](C)O. The minimum atomic E-state index is -0.271. The van der Waals surface area contributed by atoms with E-state index in [1.807, 2.05) is 18.2 Å². The molecule has 0 unspecified atom stereocenters. The molecule has 0 aliphatic heterocycles. The molecule has 0 bridgehead atoms. The van der Waals surface area contributed by atoms with Gasteiger partial charge in [-0.25, -0.2) is 0 Å². The summed E-state index contributed by atoms with van der Waals surface area (Å²) in [6, 6.07) is 5.86. The zero-order chi connectivity index (χ0) is 10.6. The van der Waals surface area contributed by atoms with Crippen molar-refractivity contribution in [1.82, 2.24) is 0 Å². The van der Waals surface area contributed by atoms with Crippen molar-refractivity contribution in [2.24, 2.45) is 0 Å². The largest absolute Gasteiger partial charge is 0.496 e. The van der Waals surface area contributed by atoms with Crippen LogP contribution in [0.5, 0.6) is 5.75 Å². The van der Waals surface area contributed by atoms with Gasteiger partial charge in [-0.15, -0.1) is 0 Å². The van der Waals surface area contributed by atoms with Gasteiger partial charge in [-0.3, -0.25) is 0 Å². The van der Waals surface area contributed by atoms with Crippen LogP contribution in [0, 0.1) is 0 Å². The maximum absolute atomic E-state index is 9.21. The normalized spacial score (nSPS) is 12.6. The molecule has 1 atom stereocenters. The first-order chi connectivity index (χ1) is 6.65. The minimum absolute atomic E-state index is 0.271. The first-order valence-corrected chi connectivity index (χ1v) is 5.44. The van der Waals surface area contributed by atoms with E-state index in [9.17, 15) is 5.11 Å². The Bertz CT molecular complexity index is 297. The molecule has 0 amide bonds. The lowest BCUT2D eigenvalue weighted by molar-refractivity contribution is 0.184. The quantitative estimate of drug-likeness (QED) is 0.900. The number of methoxy groups -OCH3 is 1. The number of aliphatic hydroxyl groups excluding tert-OH is 1. The van der Waals surface area contributed by atoms with Gasteiger partial charge in [0.2, 0.25) is 0 Å². The molecule has 3 heteroatoms. The van der Waals surface area contributed by atoms with E-state index in [0.717, 1.165) is 28.6 Å². The molecule has 0 aliphatic rings. The molecule has 1 N–H and O–H groups in total. The topological polar surface area (TPSA) is 29.5 Å². The predicted octanol–water partition coefficient (Wildman–Crippen LogP) is 2.77. The highest BCUT2D eigenvalue weighted by atomic mass is 79.9. The van der Waals surface area contributed by atoms with Gasteiger partial charge < -0.3 is 9.84 Å². The Balaban J connectivity index is 2.82. The van der Waals surface area contributed by atoms with Crippen LogP contribution in [0.1, 0.15) is 18.9 Å². The van der Waals surface area contributed by atoms with E-state index in [1.165, 1.54) is 0 Å². The van der Waals surface area contributed by atoms with E-state index in [0.29, 0.717) is 0 Å². The van der Waals surface area contributed by atoms with Gasteiger partial charge in [-0.1, -0.05) is 22.0 Å². The van der Waals surface area contributed by atoms with Gasteiger partial charge in [-0.05, 0) is 31.9 Å². The van der Waals surface area contributed by atoms with E-state index >= 15 is 0 Å². The molecular weight excluding hydrogens is 244 g/mol. The molecule has 78 valence electrons. The zero-order valence-electron chi connectivity index (χ0n) is 8.46. The Hall–Kier alpha value is -0.540. The van der Waals surface area contributed by atoms with E-state index in [2.05, 4.69) is 15.9 Å². The average molecular weight is 259 g/mol. The van der Waals surface area contributed by atoms with Crippen LogP contribution in [0.3, 0.4) is 0 Å². The zero-order valence-corrected chi connectivity index (χ0v) is 10.0. The van der Waals surface area contributed by atoms with Crippen LogP contribution in [-0.4, -0.2) is 18.3 Å². The number of hydrogen-bond acceptors (Lipinski definition) is 2. The third-order valence-electron chi connectivity index (χ3n) is 2.11. The summed E-state index contributed by atoms with van der Waals surface area (Å²) < 4.78 is 6.29. The first kappa shape index (κ1) is 11.5. The second-order valence-electron chi connectivity index (χ2n) is 3.31. The monoisotopic (exact) mass is 258 g/mol. The highest BCUT2D eigenvalue weighted by Crippen LogP contribution is 2.27. The number of rotatable bonds is 4. The van der Waals surface area contributed by atoms with E-state index in [1.54, 1.807) is 14.0 Å². The molecule has 1 aromatic carbocycles. The lowest BCUT2D eigenvalue weighted by Gasteiger charge is -2.11. The molecule has 0 saturated carbocycles. The molecule has 0 fully saturated rings. The van der Waals surface area contributed by atoms with Gasteiger partial charge in [0.15, 0.2) is 0 Å². The number of ether oxygens (including phenoxy) is 1. The molecule has 0 aromatic heterocycles. The van der Waals surface area contributed by atoms with Crippen LogP contribution < -0.4 is 4.74 Å². The highest BCUT2D eigenvalue weighted by Gasteiger charge is 2.07. The average Bonchev–Trinajstić information content (AvgIpc) is 2.15.